The first-order chi connectivity index (χ1) is 11.8. The highest BCUT2D eigenvalue weighted by atomic mass is 16.2. The van der Waals surface area contributed by atoms with Crippen molar-refractivity contribution in [3.8, 4) is 0 Å². The van der Waals surface area contributed by atoms with E-state index in [0.29, 0.717) is 12.0 Å². The average molecular weight is 347 g/mol. The molecule has 0 radical (unpaired) electrons. The van der Waals surface area contributed by atoms with Crippen LogP contribution < -0.4 is 10.6 Å². The predicted octanol–water partition coefficient (Wildman–Crippen LogP) is 2.58. The van der Waals surface area contributed by atoms with Crippen molar-refractivity contribution in [2.45, 2.75) is 78.3 Å². The van der Waals surface area contributed by atoms with Crippen LogP contribution in [0.1, 0.15) is 71.2 Å². The second kappa shape index (κ2) is 6.77. The van der Waals surface area contributed by atoms with Crippen LogP contribution in [-0.2, 0) is 9.59 Å². The van der Waals surface area contributed by atoms with Gasteiger partial charge in [-0.2, -0.15) is 0 Å². The van der Waals surface area contributed by atoms with Crippen molar-refractivity contribution >= 4 is 17.8 Å². The largest absolute Gasteiger partial charge is 0.353 e. The molecule has 138 valence electrons. The third-order valence-electron chi connectivity index (χ3n) is 5.13. The molecule has 0 aromatic carbocycles. The van der Waals surface area contributed by atoms with Gasteiger partial charge in [-0.25, -0.2) is 0 Å². The molecule has 2 fully saturated rings. The monoisotopic (exact) mass is 347 g/mol. The number of carbonyl (C=O) groups is 2. The summed E-state index contributed by atoms with van der Waals surface area (Å²) < 4.78 is 2.03. The van der Waals surface area contributed by atoms with Gasteiger partial charge in [-0.1, -0.05) is 20.8 Å². The number of aromatic nitrogens is 3. The fourth-order valence-electron chi connectivity index (χ4n) is 3.34. The van der Waals surface area contributed by atoms with Gasteiger partial charge in [-0.3, -0.25) is 19.5 Å². The Labute approximate surface area is 149 Å². The van der Waals surface area contributed by atoms with Crippen LogP contribution in [-0.4, -0.2) is 32.6 Å². The highest BCUT2D eigenvalue weighted by Gasteiger charge is 2.32. The Balaban J connectivity index is 1.51. The first kappa shape index (κ1) is 17.9. The van der Waals surface area contributed by atoms with E-state index < -0.39 is 0 Å². The van der Waals surface area contributed by atoms with Crippen molar-refractivity contribution in [2.75, 3.05) is 5.32 Å². The SMILES string of the molecule is Cc1nnc(NC(=O)C2CCC(NC(=O)C(C)(C)C)CC2)n1C1CC1. The van der Waals surface area contributed by atoms with Crippen LogP contribution in [0.5, 0.6) is 0 Å². The lowest BCUT2D eigenvalue weighted by Crippen LogP contribution is -2.44. The molecule has 25 heavy (non-hydrogen) atoms. The maximum absolute atomic E-state index is 12.6. The number of anilines is 1. The van der Waals surface area contributed by atoms with Gasteiger partial charge in [0.2, 0.25) is 17.8 Å². The molecule has 2 saturated carbocycles. The topological polar surface area (TPSA) is 88.9 Å². The minimum Gasteiger partial charge on any atom is -0.353 e. The number of amides is 2. The molecule has 7 nitrogen and oxygen atoms in total. The van der Waals surface area contributed by atoms with Gasteiger partial charge in [-0.15, -0.1) is 10.2 Å². The highest BCUT2D eigenvalue weighted by molar-refractivity contribution is 5.91. The summed E-state index contributed by atoms with van der Waals surface area (Å²) in [5.74, 6) is 1.51. The normalized spacial score (nSPS) is 24.0. The van der Waals surface area contributed by atoms with Crippen molar-refractivity contribution in [3.63, 3.8) is 0 Å². The van der Waals surface area contributed by atoms with E-state index in [1.165, 1.54) is 0 Å². The van der Waals surface area contributed by atoms with Crippen LogP contribution in [0.15, 0.2) is 0 Å². The summed E-state index contributed by atoms with van der Waals surface area (Å²) in [6.07, 6.45) is 5.51. The Morgan fingerprint density at radius 3 is 2.24 bits per heavy atom. The molecule has 3 rings (SSSR count). The van der Waals surface area contributed by atoms with Crippen LogP contribution in [0.4, 0.5) is 5.95 Å². The van der Waals surface area contributed by atoms with Crippen LogP contribution in [0.3, 0.4) is 0 Å². The number of nitrogens with zero attached hydrogens (tertiary/aromatic N) is 3. The maximum atomic E-state index is 12.6. The zero-order chi connectivity index (χ0) is 18.2. The lowest BCUT2D eigenvalue weighted by molar-refractivity contribution is -0.129. The molecule has 0 saturated heterocycles. The van der Waals surface area contributed by atoms with Gasteiger partial charge in [0, 0.05) is 23.4 Å². The van der Waals surface area contributed by atoms with Crippen molar-refractivity contribution in [1.82, 2.24) is 20.1 Å². The van der Waals surface area contributed by atoms with E-state index >= 15 is 0 Å². The van der Waals surface area contributed by atoms with Gasteiger partial charge in [0.25, 0.3) is 0 Å². The van der Waals surface area contributed by atoms with E-state index in [0.717, 1.165) is 44.3 Å². The number of aryl methyl sites for hydroxylation is 1. The number of rotatable bonds is 4. The third kappa shape index (κ3) is 4.19. The van der Waals surface area contributed by atoms with E-state index in [4.69, 9.17) is 0 Å². The average Bonchev–Trinajstić information content (AvgIpc) is 3.31. The number of hydrogen-bond donors (Lipinski definition) is 2. The molecule has 1 heterocycles. The molecular weight excluding hydrogens is 318 g/mol. The summed E-state index contributed by atoms with van der Waals surface area (Å²) in [7, 11) is 0. The van der Waals surface area contributed by atoms with Crippen molar-refractivity contribution in [1.29, 1.82) is 0 Å². The van der Waals surface area contributed by atoms with Gasteiger partial charge in [-0.05, 0) is 45.4 Å². The maximum Gasteiger partial charge on any atom is 0.231 e. The summed E-state index contributed by atoms with van der Waals surface area (Å²) >= 11 is 0. The first-order valence-corrected chi connectivity index (χ1v) is 9.29. The zero-order valence-corrected chi connectivity index (χ0v) is 15.6. The first-order valence-electron chi connectivity index (χ1n) is 9.29. The van der Waals surface area contributed by atoms with Crippen molar-refractivity contribution in [2.24, 2.45) is 11.3 Å². The van der Waals surface area contributed by atoms with Gasteiger partial charge in [0.15, 0.2) is 0 Å². The van der Waals surface area contributed by atoms with E-state index in [-0.39, 0.29) is 29.2 Å². The Morgan fingerprint density at radius 2 is 1.68 bits per heavy atom. The number of nitrogens with one attached hydrogen (secondary N) is 2. The molecule has 2 aliphatic rings. The summed E-state index contributed by atoms with van der Waals surface area (Å²) in [6.45, 7) is 7.67. The second-order valence-electron chi connectivity index (χ2n) is 8.43. The van der Waals surface area contributed by atoms with Crippen LogP contribution in [0.2, 0.25) is 0 Å². The summed E-state index contributed by atoms with van der Waals surface area (Å²) in [6, 6.07) is 0.613. The summed E-state index contributed by atoms with van der Waals surface area (Å²) in [4.78, 5) is 24.7. The molecule has 2 aliphatic carbocycles. The standard InChI is InChI=1S/C18H29N5O2/c1-11-21-22-17(23(11)14-9-10-14)20-15(24)12-5-7-13(8-6-12)19-16(25)18(2,3)4/h12-14H,5-10H2,1-4H3,(H,19,25)(H,20,22,24). The molecule has 2 amide bonds. The molecule has 0 spiro atoms. The molecule has 0 bridgehead atoms. The van der Waals surface area contributed by atoms with E-state index in [1.807, 2.05) is 32.3 Å². The van der Waals surface area contributed by atoms with Gasteiger partial charge >= 0.3 is 0 Å². The Kier molecular flexibility index (Phi) is 4.84. The summed E-state index contributed by atoms with van der Waals surface area (Å²) in [5, 5.41) is 14.3. The Morgan fingerprint density at radius 1 is 1.04 bits per heavy atom. The number of carbonyl (C=O) groups excluding carboxylic acids is 2. The highest BCUT2D eigenvalue weighted by Crippen LogP contribution is 2.38. The smallest absolute Gasteiger partial charge is 0.231 e. The molecule has 1 aromatic heterocycles. The van der Waals surface area contributed by atoms with Gasteiger partial charge in [0.05, 0.1) is 0 Å². The third-order valence-corrected chi connectivity index (χ3v) is 5.13. The van der Waals surface area contributed by atoms with E-state index in [2.05, 4.69) is 20.8 Å². The van der Waals surface area contributed by atoms with Crippen molar-refractivity contribution in [3.05, 3.63) is 5.82 Å². The summed E-state index contributed by atoms with van der Waals surface area (Å²) in [5.41, 5.74) is -0.376. The molecular formula is C18H29N5O2. The van der Waals surface area contributed by atoms with Gasteiger partial charge in [0.1, 0.15) is 5.82 Å². The number of hydrogen-bond acceptors (Lipinski definition) is 4. The molecule has 1 aromatic rings. The lowest BCUT2D eigenvalue weighted by atomic mass is 9.84. The Bertz CT molecular complexity index is 649. The fraction of sp³-hybridized carbons (Fsp3) is 0.778. The lowest BCUT2D eigenvalue weighted by Gasteiger charge is -2.30. The zero-order valence-electron chi connectivity index (χ0n) is 15.6. The minimum absolute atomic E-state index is 0.0209. The molecule has 0 aliphatic heterocycles. The van der Waals surface area contributed by atoms with Gasteiger partial charge < -0.3 is 5.32 Å². The molecule has 0 atom stereocenters. The predicted molar refractivity (Wildman–Crippen MR) is 95.0 cm³/mol. The molecule has 2 N–H and O–H groups in total. The second-order valence-corrected chi connectivity index (χ2v) is 8.43. The van der Waals surface area contributed by atoms with Crippen LogP contribution in [0, 0.1) is 18.3 Å². The van der Waals surface area contributed by atoms with Crippen molar-refractivity contribution < 1.29 is 9.59 Å². The van der Waals surface area contributed by atoms with Crippen LogP contribution in [0.25, 0.3) is 0 Å². The van der Waals surface area contributed by atoms with E-state index in [9.17, 15) is 9.59 Å². The Hall–Kier alpha value is -1.92. The minimum atomic E-state index is -0.376. The quantitative estimate of drug-likeness (QED) is 0.876. The fourth-order valence-corrected chi connectivity index (χ4v) is 3.34. The van der Waals surface area contributed by atoms with Crippen LogP contribution >= 0.6 is 0 Å². The van der Waals surface area contributed by atoms with E-state index in [1.54, 1.807) is 0 Å². The molecule has 7 heteroatoms. The molecule has 0 unspecified atom stereocenters.